The number of hydrogen-bond donors (Lipinski definition) is 1. The molecule has 8 nitrogen and oxygen atoms in total. The molecule has 0 spiro atoms. The molecule has 1 aliphatic heterocycles. The van der Waals surface area contributed by atoms with Crippen LogP contribution in [0.2, 0.25) is 0 Å². The number of amides is 1. The number of carbonyl (C=O) groups excluding carboxylic acids is 1. The Kier molecular flexibility index (Phi) is 6.63. The summed E-state index contributed by atoms with van der Waals surface area (Å²) in [6.45, 7) is -0.169. The lowest BCUT2D eigenvalue weighted by Crippen LogP contribution is -2.54. The van der Waals surface area contributed by atoms with Gasteiger partial charge in [0.2, 0.25) is 15.9 Å². The minimum atomic E-state index is -4.59. The number of nitrogens with zero attached hydrogens (tertiary/aromatic N) is 4. The lowest BCUT2D eigenvalue weighted by molar-refractivity contribution is -0.141. The van der Waals surface area contributed by atoms with Crippen molar-refractivity contribution in [2.45, 2.75) is 48.7 Å². The van der Waals surface area contributed by atoms with E-state index in [0.717, 1.165) is 47.2 Å². The Morgan fingerprint density at radius 2 is 1.79 bits per heavy atom. The van der Waals surface area contributed by atoms with Gasteiger partial charge in [0, 0.05) is 23.7 Å². The van der Waals surface area contributed by atoms with E-state index in [9.17, 15) is 35.2 Å². The van der Waals surface area contributed by atoms with Crippen LogP contribution >= 0.6 is 0 Å². The van der Waals surface area contributed by atoms with Crippen molar-refractivity contribution in [3.05, 3.63) is 72.2 Å². The molecule has 1 aromatic carbocycles. The number of sulfonamides is 1. The van der Waals surface area contributed by atoms with E-state index in [2.05, 4.69) is 20.3 Å². The molecule has 14 heteroatoms. The molecular formula is C24H20F5N5O3S. The predicted octanol–water partition coefficient (Wildman–Crippen LogP) is 3.50. The van der Waals surface area contributed by atoms with Gasteiger partial charge in [-0.1, -0.05) is 0 Å². The third-order valence-corrected chi connectivity index (χ3v) is 8.67. The molecule has 5 rings (SSSR count). The highest BCUT2D eigenvalue weighted by Crippen LogP contribution is 2.47. The van der Waals surface area contributed by atoms with E-state index in [1.54, 1.807) is 0 Å². The van der Waals surface area contributed by atoms with Gasteiger partial charge in [0.1, 0.15) is 30.1 Å². The molecule has 1 saturated carbocycles. The van der Waals surface area contributed by atoms with E-state index in [-0.39, 0.29) is 41.2 Å². The minimum absolute atomic E-state index is 0.0364. The van der Waals surface area contributed by atoms with Gasteiger partial charge < -0.3 is 5.32 Å². The normalized spacial score (nSPS) is 23.5. The fourth-order valence-electron chi connectivity index (χ4n) is 4.97. The molecule has 3 aromatic rings. The van der Waals surface area contributed by atoms with Crippen LogP contribution in [0.25, 0.3) is 11.3 Å². The minimum Gasteiger partial charge on any atom is -0.349 e. The first-order valence-corrected chi connectivity index (χ1v) is 12.9. The summed E-state index contributed by atoms with van der Waals surface area (Å²) in [5, 5.41) is 2.59. The number of halogens is 5. The number of carbonyl (C=O) groups is 1. The summed E-state index contributed by atoms with van der Waals surface area (Å²) in [6.07, 6.45) is -3.62. The van der Waals surface area contributed by atoms with Crippen LogP contribution in [0.1, 0.15) is 24.2 Å². The second kappa shape index (κ2) is 9.66. The fourth-order valence-corrected chi connectivity index (χ4v) is 6.81. The maximum Gasteiger partial charge on any atom is 0.433 e. The Morgan fingerprint density at radius 3 is 2.45 bits per heavy atom. The molecule has 38 heavy (non-hydrogen) atoms. The molecule has 1 saturated heterocycles. The van der Waals surface area contributed by atoms with Gasteiger partial charge in [-0.25, -0.2) is 27.2 Å². The molecule has 1 amide bonds. The van der Waals surface area contributed by atoms with E-state index in [1.165, 1.54) is 12.1 Å². The summed E-state index contributed by atoms with van der Waals surface area (Å²) in [6, 6.07) is 5.62. The molecule has 2 bridgehead atoms. The number of fused-ring (bicyclic) bond motifs is 2. The predicted molar refractivity (Wildman–Crippen MR) is 123 cm³/mol. The number of rotatable bonds is 6. The topological polar surface area (TPSA) is 105 Å². The zero-order valence-corrected chi connectivity index (χ0v) is 20.3. The molecule has 4 atom stereocenters. The highest BCUT2D eigenvalue weighted by molar-refractivity contribution is 7.89. The molecular weight excluding hydrogens is 533 g/mol. The van der Waals surface area contributed by atoms with Crippen LogP contribution in [0.15, 0.2) is 59.9 Å². The third-order valence-electron chi connectivity index (χ3n) is 6.72. The molecule has 0 radical (unpaired) electrons. The first-order chi connectivity index (χ1) is 17.9. The average Bonchev–Trinajstić information content (AvgIpc) is 3.45. The van der Waals surface area contributed by atoms with Crippen molar-refractivity contribution < 1.29 is 35.2 Å². The lowest BCUT2D eigenvalue weighted by atomic mass is 9.97. The number of nitrogens with one attached hydrogen (secondary N) is 1. The van der Waals surface area contributed by atoms with Crippen LogP contribution in [0.3, 0.4) is 0 Å². The van der Waals surface area contributed by atoms with Crippen LogP contribution in [-0.4, -0.2) is 51.8 Å². The molecule has 200 valence electrons. The zero-order valence-electron chi connectivity index (χ0n) is 19.4. The number of pyridine rings is 1. The summed E-state index contributed by atoms with van der Waals surface area (Å²) in [5.74, 6) is -2.18. The third kappa shape index (κ3) is 4.85. The van der Waals surface area contributed by atoms with Gasteiger partial charge in [-0.2, -0.15) is 17.5 Å². The van der Waals surface area contributed by atoms with Gasteiger partial charge in [0.25, 0.3) is 0 Å². The summed E-state index contributed by atoms with van der Waals surface area (Å²) in [4.78, 5) is 24.4. The van der Waals surface area contributed by atoms with Crippen molar-refractivity contribution in [2.75, 3.05) is 0 Å². The number of alkyl halides is 4. The van der Waals surface area contributed by atoms with Crippen LogP contribution in [0.4, 0.5) is 22.0 Å². The number of aromatic nitrogens is 3. The van der Waals surface area contributed by atoms with E-state index in [0.29, 0.717) is 0 Å². The Bertz CT molecular complexity index is 1450. The van der Waals surface area contributed by atoms with E-state index in [1.807, 2.05) is 0 Å². The highest BCUT2D eigenvalue weighted by Gasteiger charge is 2.58. The Morgan fingerprint density at radius 1 is 1.05 bits per heavy atom. The first kappa shape index (κ1) is 26.1. The van der Waals surface area contributed by atoms with E-state index < -0.39 is 57.8 Å². The molecule has 2 fully saturated rings. The maximum absolute atomic E-state index is 14.6. The molecule has 4 unspecified atom stereocenters. The van der Waals surface area contributed by atoms with Gasteiger partial charge >= 0.3 is 6.18 Å². The SMILES string of the molecule is O=C(NCc1cc(-c2ccc(C(F)(F)F)nc2)ncn1)C1C2CC(CC2F)N1S(=O)(=O)c1ccc(F)cc1. The Hall–Kier alpha value is -3.52. The standard InChI is InChI=1S/C24H20F5N5O3S/c25-14-2-4-17(5-3-14)38(36,37)34-16-8-18(19(26)9-16)22(34)23(35)31-11-15-7-20(33-12-32-15)13-1-6-21(30-10-13)24(27,28)29/h1-7,10,12,16,18-19,22H,8-9,11H2,(H,31,35). The van der Waals surface area contributed by atoms with Crippen LogP contribution in [0, 0.1) is 11.7 Å². The average molecular weight is 554 g/mol. The van der Waals surface area contributed by atoms with Gasteiger partial charge in [-0.3, -0.25) is 9.78 Å². The monoisotopic (exact) mass is 553 g/mol. The summed E-state index contributed by atoms with van der Waals surface area (Å²) in [5.41, 5.74) is -0.219. The maximum atomic E-state index is 14.6. The van der Waals surface area contributed by atoms with Crippen molar-refractivity contribution in [1.82, 2.24) is 24.6 Å². The number of benzene rings is 1. The van der Waals surface area contributed by atoms with Crippen molar-refractivity contribution in [3.8, 4) is 11.3 Å². The lowest BCUT2D eigenvalue weighted by Gasteiger charge is -2.34. The molecule has 1 N–H and O–H groups in total. The van der Waals surface area contributed by atoms with E-state index >= 15 is 0 Å². The van der Waals surface area contributed by atoms with Crippen molar-refractivity contribution >= 4 is 15.9 Å². The van der Waals surface area contributed by atoms with E-state index in [4.69, 9.17) is 0 Å². The quantitative estimate of drug-likeness (QED) is 0.469. The smallest absolute Gasteiger partial charge is 0.349 e. The number of piperidine rings is 1. The molecule has 3 heterocycles. The van der Waals surface area contributed by atoms with Crippen molar-refractivity contribution in [1.29, 1.82) is 0 Å². The molecule has 2 aliphatic rings. The van der Waals surface area contributed by atoms with Gasteiger partial charge in [-0.15, -0.1) is 0 Å². The molecule has 1 aliphatic carbocycles. The van der Waals surface area contributed by atoms with Crippen LogP contribution in [0.5, 0.6) is 0 Å². The highest BCUT2D eigenvalue weighted by atomic mass is 32.2. The fraction of sp³-hybridized carbons (Fsp3) is 0.333. The first-order valence-electron chi connectivity index (χ1n) is 11.5. The van der Waals surface area contributed by atoms with Crippen molar-refractivity contribution in [2.24, 2.45) is 5.92 Å². The van der Waals surface area contributed by atoms with Gasteiger partial charge in [-0.05, 0) is 55.3 Å². The summed E-state index contributed by atoms with van der Waals surface area (Å²) < 4.78 is 93.9. The van der Waals surface area contributed by atoms with Crippen molar-refractivity contribution in [3.63, 3.8) is 0 Å². The second-order valence-electron chi connectivity index (χ2n) is 9.08. The van der Waals surface area contributed by atoms with Crippen LogP contribution < -0.4 is 5.32 Å². The van der Waals surface area contributed by atoms with Gasteiger partial charge in [0.05, 0.1) is 22.8 Å². The zero-order chi connectivity index (χ0) is 27.2. The Labute approximate surface area is 214 Å². The van der Waals surface area contributed by atoms with Gasteiger partial charge in [0.15, 0.2) is 0 Å². The largest absolute Gasteiger partial charge is 0.433 e. The second-order valence-corrected chi connectivity index (χ2v) is 10.9. The van der Waals surface area contributed by atoms with Crippen LogP contribution in [-0.2, 0) is 27.5 Å². The number of hydrogen-bond acceptors (Lipinski definition) is 6. The summed E-state index contributed by atoms with van der Waals surface area (Å²) >= 11 is 0. The molecule has 2 aromatic heterocycles. The Balaban J connectivity index is 1.33. The summed E-state index contributed by atoms with van der Waals surface area (Å²) in [7, 11) is -4.22.